The first-order valence-electron chi connectivity index (χ1n) is 5.58. The third kappa shape index (κ3) is 3.99. The monoisotopic (exact) mass is 288 g/mol. The average Bonchev–Trinajstić information content (AvgIpc) is 2.32. The maximum Gasteiger partial charge on any atom is 0.252 e. The number of nitrogens with one attached hydrogen (secondary N) is 1. The summed E-state index contributed by atoms with van der Waals surface area (Å²) in [6.07, 6.45) is 2.32. The second-order valence-corrected chi connectivity index (χ2v) is 6.24. The Bertz CT molecular complexity index is 465. The SMILES string of the molecule is CC(CCNC(=O)c1cccc(N)c1Cl)S(C)=O. The summed E-state index contributed by atoms with van der Waals surface area (Å²) in [4.78, 5) is 11.8. The van der Waals surface area contributed by atoms with Crippen LogP contribution in [0.5, 0.6) is 0 Å². The van der Waals surface area contributed by atoms with Crippen LogP contribution in [0.15, 0.2) is 18.2 Å². The number of hydrogen-bond acceptors (Lipinski definition) is 3. The van der Waals surface area contributed by atoms with E-state index in [0.29, 0.717) is 24.2 Å². The summed E-state index contributed by atoms with van der Waals surface area (Å²) in [6, 6.07) is 4.94. The second kappa shape index (κ2) is 6.75. The molecule has 3 N–H and O–H groups in total. The summed E-state index contributed by atoms with van der Waals surface area (Å²) in [5.41, 5.74) is 6.37. The maximum absolute atomic E-state index is 11.8. The van der Waals surface area contributed by atoms with Gasteiger partial charge in [0.1, 0.15) is 0 Å². The van der Waals surface area contributed by atoms with Gasteiger partial charge in [-0.1, -0.05) is 24.6 Å². The number of nitrogen functional groups attached to an aromatic ring is 1. The van der Waals surface area contributed by atoms with E-state index in [1.807, 2.05) is 6.92 Å². The van der Waals surface area contributed by atoms with Crippen molar-refractivity contribution in [1.82, 2.24) is 5.32 Å². The van der Waals surface area contributed by atoms with Crippen molar-refractivity contribution in [2.75, 3.05) is 18.5 Å². The summed E-state index contributed by atoms with van der Waals surface area (Å²) in [5, 5.41) is 3.06. The number of nitrogens with two attached hydrogens (primary N) is 1. The highest BCUT2D eigenvalue weighted by Crippen LogP contribution is 2.22. The molecule has 2 atom stereocenters. The summed E-state index contributed by atoms with van der Waals surface area (Å²) < 4.78 is 11.1. The van der Waals surface area contributed by atoms with Crippen LogP contribution < -0.4 is 11.1 Å². The van der Waals surface area contributed by atoms with Gasteiger partial charge in [-0.05, 0) is 18.6 Å². The van der Waals surface area contributed by atoms with Crippen LogP contribution in [-0.4, -0.2) is 28.2 Å². The molecule has 6 heteroatoms. The standard InChI is InChI=1S/C12H17ClN2O2S/c1-8(18(2)17)6-7-15-12(16)9-4-3-5-10(14)11(9)13/h3-5,8H,6-7,14H2,1-2H3,(H,15,16). The van der Waals surface area contributed by atoms with Gasteiger partial charge >= 0.3 is 0 Å². The van der Waals surface area contributed by atoms with Gasteiger partial charge in [-0.15, -0.1) is 0 Å². The molecule has 0 bridgehead atoms. The lowest BCUT2D eigenvalue weighted by molar-refractivity contribution is 0.0953. The van der Waals surface area contributed by atoms with Crippen molar-refractivity contribution in [3.63, 3.8) is 0 Å². The molecule has 0 fully saturated rings. The van der Waals surface area contributed by atoms with Gasteiger partial charge in [-0.3, -0.25) is 9.00 Å². The van der Waals surface area contributed by atoms with Crippen LogP contribution in [0.1, 0.15) is 23.7 Å². The minimum atomic E-state index is -0.875. The second-order valence-electron chi connectivity index (χ2n) is 4.06. The van der Waals surface area contributed by atoms with E-state index < -0.39 is 10.8 Å². The third-order valence-electron chi connectivity index (χ3n) is 2.68. The largest absolute Gasteiger partial charge is 0.398 e. The topological polar surface area (TPSA) is 72.2 Å². The number of carbonyl (C=O) groups is 1. The fourth-order valence-corrected chi connectivity index (χ4v) is 2.04. The summed E-state index contributed by atoms with van der Waals surface area (Å²) >= 11 is 5.95. The van der Waals surface area contributed by atoms with Crippen molar-refractivity contribution in [3.05, 3.63) is 28.8 Å². The fourth-order valence-electron chi connectivity index (χ4n) is 1.38. The molecular formula is C12H17ClN2O2S. The van der Waals surface area contributed by atoms with Crippen LogP contribution in [0.2, 0.25) is 5.02 Å². The molecule has 1 amide bonds. The van der Waals surface area contributed by atoms with Gasteiger partial charge in [0.15, 0.2) is 0 Å². The average molecular weight is 289 g/mol. The van der Waals surface area contributed by atoms with Gasteiger partial charge < -0.3 is 11.1 Å². The zero-order valence-electron chi connectivity index (χ0n) is 10.4. The molecule has 100 valence electrons. The van der Waals surface area contributed by atoms with E-state index >= 15 is 0 Å². The highest BCUT2D eigenvalue weighted by atomic mass is 35.5. The normalized spacial score (nSPS) is 13.9. The summed E-state index contributed by atoms with van der Waals surface area (Å²) in [7, 11) is -0.875. The first-order chi connectivity index (χ1) is 8.43. The number of hydrogen-bond donors (Lipinski definition) is 2. The van der Waals surface area contributed by atoms with Gasteiger partial charge in [0.25, 0.3) is 5.91 Å². The van der Waals surface area contributed by atoms with Crippen LogP contribution in [0.25, 0.3) is 0 Å². The van der Waals surface area contributed by atoms with Crippen molar-refractivity contribution in [1.29, 1.82) is 0 Å². The predicted molar refractivity (Wildman–Crippen MR) is 76.3 cm³/mol. The van der Waals surface area contributed by atoms with Crippen LogP contribution in [0, 0.1) is 0 Å². The van der Waals surface area contributed by atoms with Crippen LogP contribution in [-0.2, 0) is 10.8 Å². The van der Waals surface area contributed by atoms with Crippen molar-refractivity contribution in [2.45, 2.75) is 18.6 Å². The Morgan fingerprint density at radius 3 is 2.83 bits per heavy atom. The molecule has 4 nitrogen and oxygen atoms in total. The van der Waals surface area contributed by atoms with Gasteiger partial charge in [0.2, 0.25) is 0 Å². The van der Waals surface area contributed by atoms with Crippen LogP contribution in [0.3, 0.4) is 0 Å². The van der Waals surface area contributed by atoms with Crippen LogP contribution >= 0.6 is 11.6 Å². The first kappa shape index (κ1) is 15.0. The number of halogens is 1. The van der Waals surface area contributed by atoms with Gasteiger partial charge in [-0.25, -0.2) is 0 Å². The highest BCUT2D eigenvalue weighted by molar-refractivity contribution is 7.84. The minimum absolute atomic E-state index is 0.0571. The number of carbonyl (C=O) groups excluding carboxylic acids is 1. The molecule has 2 unspecified atom stereocenters. The number of anilines is 1. The molecule has 18 heavy (non-hydrogen) atoms. The molecule has 0 aliphatic carbocycles. The van der Waals surface area contributed by atoms with E-state index in [2.05, 4.69) is 5.32 Å². The molecule has 1 rings (SSSR count). The fraction of sp³-hybridized carbons (Fsp3) is 0.417. The van der Waals surface area contributed by atoms with E-state index in [1.165, 1.54) is 0 Å². The number of benzene rings is 1. The predicted octanol–water partition coefficient (Wildman–Crippen LogP) is 1.81. The van der Waals surface area contributed by atoms with E-state index in [1.54, 1.807) is 24.5 Å². The lowest BCUT2D eigenvalue weighted by atomic mass is 10.2. The van der Waals surface area contributed by atoms with E-state index in [4.69, 9.17) is 17.3 Å². The molecule has 0 spiro atoms. The highest BCUT2D eigenvalue weighted by Gasteiger charge is 2.12. The molecule has 0 radical (unpaired) electrons. The maximum atomic E-state index is 11.8. The van der Waals surface area contributed by atoms with Crippen molar-refractivity contribution in [3.8, 4) is 0 Å². The Morgan fingerprint density at radius 2 is 2.22 bits per heavy atom. The Hall–Kier alpha value is -1.07. The van der Waals surface area contributed by atoms with Gasteiger partial charge in [0, 0.05) is 28.9 Å². The van der Waals surface area contributed by atoms with Crippen molar-refractivity contribution in [2.24, 2.45) is 0 Å². The minimum Gasteiger partial charge on any atom is -0.398 e. The Morgan fingerprint density at radius 1 is 1.56 bits per heavy atom. The Labute approximate surface area is 114 Å². The Kier molecular flexibility index (Phi) is 5.62. The quantitative estimate of drug-likeness (QED) is 0.812. The van der Waals surface area contributed by atoms with Gasteiger partial charge in [0.05, 0.1) is 16.3 Å². The molecule has 0 aliphatic heterocycles. The zero-order valence-corrected chi connectivity index (χ0v) is 12.0. The first-order valence-corrected chi connectivity index (χ1v) is 7.57. The molecule has 1 aromatic rings. The zero-order chi connectivity index (χ0) is 13.7. The van der Waals surface area contributed by atoms with Crippen molar-refractivity contribution < 1.29 is 9.00 Å². The van der Waals surface area contributed by atoms with E-state index in [9.17, 15) is 9.00 Å². The molecule has 0 aliphatic rings. The lowest BCUT2D eigenvalue weighted by Crippen LogP contribution is -2.27. The van der Waals surface area contributed by atoms with Crippen LogP contribution in [0.4, 0.5) is 5.69 Å². The molecule has 0 saturated heterocycles. The molecule has 0 saturated carbocycles. The lowest BCUT2D eigenvalue weighted by Gasteiger charge is -2.10. The van der Waals surface area contributed by atoms with E-state index in [0.717, 1.165) is 0 Å². The van der Waals surface area contributed by atoms with Crippen molar-refractivity contribution >= 4 is 34.0 Å². The van der Waals surface area contributed by atoms with Gasteiger partial charge in [-0.2, -0.15) is 0 Å². The summed E-state index contributed by atoms with van der Waals surface area (Å²) in [6.45, 7) is 2.35. The molecular weight excluding hydrogens is 272 g/mol. The Balaban J connectivity index is 2.56. The molecule has 0 heterocycles. The third-order valence-corrected chi connectivity index (χ3v) is 4.47. The number of rotatable bonds is 5. The van der Waals surface area contributed by atoms with E-state index in [-0.39, 0.29) is 16.2 Å². The summed E-state index contributed by atoms with van der Waals surface area (Å²) in [5.74, 6) is -0.263. The molecule has 1 aromatic carbocycles. The molecule has 0 aromatic heterocycles. The smallest absolute Gasteiger partial charge is 0.252 e. The number of amides is 1.